The SMILES string of the molecule is CCCCCCCCCCC/C=C/CCCCCCCCCC(=O)OC(COCCC(C(=O)O)[N+](C)(C)C)COC(=O)CCCCCCCCCCCCCCCCCCCCCCCCC. The number of quaternary nitrogens is 1. The minimum atomic E-state index is -0.870. The second kappa shape index (κ2) is 50.5. The van der Waals surface area contributed by atoms with Crippen LogP contribution in [0, 0.1) is 0 Å². The number of esters is 2. The van der Waals surface area contributed by atoms with Crippen LogP contribution in [0.25, 0.3) is 0 Å². The van der Waals surface area contributed by atoms with Crippen LogP contribution in [0.1, 0.15) is 296 Å². The maximum atomic E-state index is 12.8. The number of carboxylic acid groups (broad SMARTS) is 1. The van der Waals surface area contributed by atoms with Gasteiger partial charge in [-0.1, -0.05) is 251 Å². The van der Waals surface area contributed by atoms with Gasteiger partial charge in [0.2, 0.25) is 0 Å². The Labute approximate surface area is 416 Å². The summed E-state index contributed by atoms with van der Waals surface area (Å²) in [5.41, 5.74) is 0. The van der Waals surface area contributed by atoms with Crippen molar-refractivity contribution in [2.45, 2.75) is 309 Å². The summed E-state index contributed by atoms with van der Waals surface area (Å²) in [6.45, 7) is 4.80. The molecule has 0 spiro atoms. The van der Waals surface area contributed by atoms with E-state index in [1.54, 1.807) is 0 Å². The third kappa shape index (κ3) is 48.9. The fraction of sp³-hybridized carbons (Fsp3) is 0.915. The molecule has 0 aromatic rings. The summed E-state index contributed by atoms with van der Waals surface area (Å²) in [5.74, 6) is -1.44. The highest BCUT2D eigenvalue weighted by atomic mass is 16.6. The smallest absolute Gasteiger partial charge is 0.362 e. The van der Waals surface area contributed by atoms with E-state index < -0.39 is 18.1 Å². The second-order valence-corrected chi connectivity index (χ2v) is 21.3. The molecule has 0 bridgehead atoms. The average molecular weight is 950 g/mol. The molecule has 0 amide bonds. The number of allylic oxidation sites excluding steroid dienone is 2. The molecule has 67 heavy (non-hydrogen) atoms. The molecule has 0 aliphatic carbocycles. The first kappa shape index (κ1) is 65.1. The lowest BCUT2D eigenvalue weighted by molar-refractivity contribution is -0.887. The van der Waals surface area contributed by atoms with Gasteiger partial charge in [0.25, 0.3) is 0 Å². The molecule has 0 saturated carbocycles. The Morgan fingerprint density at radius 1 is 0.433 bits per heavy atom. The lowest BCUT2D eigenvalue weighted by Crippen LogP contribution is -2.50. The maximum absolute atomic E-state index is 12.8. The van der Waals surface area contributed by atoms with Crippen LogP contribution in [-0.4, -0.2) is 80.6 Å². The number of hydrogen-bond acceptors (Lipinski definition) is 6. The standard InChI is InChI=1S/C59H113NO7/c1-6-8-10-12-14-16-18-20-22-24-26-28-29-30-32-33-35-37-39-41-43-45-47-49-57(61)66-54-55(53-65-52-51-56(59(63)64)60(3,4)5)67-58(62)50-48-46-44-42-40-38-36-34-31-27-25-23-21-19-17-15-13-11-9-7-2/h27,31,55-56H,6-26,28-30,32-54H2,1-5H3/p+1/b31-27+. The van der Waals surface area contributed by atoms with E-state index in [9.17, 15) is 19.5 Å². The largest absolute Gasteiger partial charge is 0.477 e. The number of nitrogens with zero attached hydrogens (tertiary/aromatic N) is 1. The number of ether oxygens (including phenoxy) is 3. The van der Waals surface area contributed by atoms with Gasteiger partial charge >= 0.3 is 17.9 Å². The van der Waals surface area contributed by atoms with Gasteiger partial charge in [0, 0.05) is 19.3 Å². The van der Waals surface area contributed by atoms with Gasteiger partial charge in [-0.2, -0.15) is 0 Å². The molecule has 0 aliphatic rings. The Kier molecular flexibility index (Phi) is 49.0. The number of carbonyl (C=O) groups excluding carboxylic acids is 2. The van der Waals surface area contributed by atoms with Crippen LogP contribution < -0.4 is 0 Å². The van der Waals surface area contributed by atoms with E-state index >= 15 is 0 Å². The number of carboxylic acids is 1. The molecule has 0 rings (SSSR count). The van der Waals surface area contributed by atoms with Crippen molar-refractivity contribution >= 4 is 17.9 Å². The predicted octanol–water partition coefficient (Wildman–Crippen LogP) is 17.4. The molecule has 2 unspecified atom stereocenters. The number of unbranched alkanes of at least 4 members (excludes halogenated alkanes) is 38. The van der Waals surface area contributed by atoms with E-state index in [0.29, 0.717) is 19.3 Å². The Balaban J connectivity index is 4.12. The first-order valence-electron chi connectivity index (χ1n) is 29.2. The van der Waals surface area contributed by atoms with Crippen molar-refractivity contribution in [2.24, 2.45) is 0 Å². The van der Waals surface area contributed by atoms with Crippen molar-refractivity contribution in [3.8, 4) is 0 Å². The third-order valence-electron chi connectivity index (χ3n) is 13.7. The molecule has 396 valence electrons. The summed E-state index contributed by atoms with van der Waals surface area (Å²) < 4.78 is 17.4. The van der Waals surface area contributed by atoms with Crippen LogP contribution in [-0.2, 0) is 28.6 Å². The highest BCUT2D eigenvalue weighted by molar-refractivity contribution is 5.72. The van der Waals surface area contributed by atoms with Crippen molar-refractivity contribution in [1.82, 2.24) is 0 Å². The highest BCUT2D eigenvalue weighted by Gasteiger charge is 2.31. The number of carbonyl (C=O) groups is 3. The molecule has 0 heterocycles. The zero-order valence-corrected chi connectivity index (χ0v) is 45.4. The molecule has 0 saturated heterocycles. The molecule has 2 atom stereocenters. The lowest BCUT2D eigenvalue weighted by Gasteiger charge is -2.31. The highest BCUT2D eigenvalue weighted by Crippen LogP contribution is 2.18. The quantitative estimate of drug-likeness (QED) is 0.0281. The average Bonchev–Trinajstić information content (AvgIpc) is 3.29. The van der Waals surface area contributed by atoms with Crippen molar-refractivity contribution < 1.29 is 38.2 Å². The third-order valence-corrected chi connectivity index (χ3v) is 13.7. The molecule has 0 aromatic carbocycles. The lowest BCUT2D eigenvalue weighted by atomic mass is 10.0. The second-order valence-electron chi connectivity index (χ2n) is 21.3. The van der Waals surface area contributed by atoms with E-state index in [-0.39, 0.29) is 36.2 Å². The van der Waals surface area contributed by atoms with Crippen molar-refractivity contribution in [1.29, 1.82) is 0 Å². The summed E-state index contributed by atoms with van der Waals surface area (Å²) in [5, 5.41) is 9.68. The first-order chi connectivity index (χ1) is 32.6. The zero-order valence-electron chi connectivity index (χ0n) is 45.4. The molecule has 1 N–H and O–H groups in total. The topological polar surface area (TPSA) is 99.1 Å². The van der Waals surface area contributed by atoms with Crippen LogP contribution in [0.3, 0.4) is 0 Å². The zero-order chi connectivity index (χ0) is 49.2. The van der Waals surface area contributed by atoms with Crippen molar-refractivity contribution in [2.75, 3.05) is 41.0 Å². The molecule has 0 aliphatic heterocycles. The van der Waals surface area contributed by atoms with Gasteiger partial charge < -0.3 is 23.8 Å². The van der Waals surface area contributed by atoms with Crippen LogP contribution in [0.15, 0.2) is 12.2 Å². The summed E-state index contributed by atoms with van der Waals surface area (Å²) in [4.78, 5) is 37.3. The van der Waals surface area contributed by atoms with Gasteiger partial charge in [0.05, 0.1) is 34.4 Å². The van der Waals surface area contributed by atoms with Gasteiger partial charge in [-0.05, 0) is 38.5 Å². The molecular weight excluding hydrogens is 835 g/mol. The number of aliphatic carboxylic acids is 1. The summed E-state index contributed by atoms with van der Waals surface area (Å²) in [7, 11) is 5.55. The molecule has 0 aromatic heterocycles. The number of rotatable bonds is 54. The van der Waals surface area contributed by atoms with Crippen molar-refractivity contribution in [3.05, 3.63) is 12.2 Å². The van der Waals surface area contributed by atoms with Crippen LogP contribution in [0.4, 0.5) is 0 Å². The summed E-state index contributed by atoms with van der Waals surface area (Å²) >= 11 is 0. The normalized spacial score (nSPS) is 12.8. The summed E-state index contributed by atoms with van der Waals surface area (Å²) in [6, 6.07) is -0.612. The molecule has 8 heteroatoms. The molecule has 8 nitrogen and oxygen atoms in total. The van der Waals surface area contributed by atoms with E-state index in [4.69, 9.17) is 14.2 Å². The van der Waals surface area contributed by atoms with Gasteiger partial charge in [-0.15, -0.1) is 0 Å². The monoisotopic (exact) mass is 949 g/mol. The Bertz CT molecular complexity index is 1100. The summed E-state index contributed by atoms with van der Waals surface area (Å²) in [6.07, 6.45) is 58.5. The Hall–Kier alpha value is -1.93. The minimum Gasteiger partial charge on any atom is -0.477 e. The van der Waals surface area contributed by atoms with Gasteiger partial charge in [0.15, 0.2) is 12.1 Å². The van der Waals surface area contributed by atoms with Gasteiger partial charge in [-0.25, -0.2) is 4.79 Å². The van der Waals surface area contributed by atoms with Crippen LogP contribution in [0.5, 0.6) is 0 Å². The fourth-order valence-electron chi connectivity index (χ4n) is 9.15. The van der Waals surface area contributed by atoms with E-state index in [1.165, 1.54) is 225 Å². The Morgan fingerprint density at radius 3 is 1.07 bits per heavy atom. The van der Waals surface area contributed by atoms with E-state index in [0.717, 1.165) is 38.5 Å². The van der Waals surface area contributed by atoms with Crippen LogP contribution in [0.2, 0.25) is 0 Å². The number of likely N-dealkylation sites (N-methyl/N-ethyl adjacent to an activating group) is 1. The molecular formula is C59H114NO7+. The van der Waals surface area contributed by atoms with Crippen molar-refractivity contribution in [3.63, 3.8) is 0 Å². The van der Waals surface area contributed by atoms with E-state index in [2.05, 4.69) is 26.0 Å². The van der Waals surface area contributed by atoms with E-state index in [1.807, 2.05) is 21.1 Å². The Morgan fingerprint density at radius 2 is 0.746 bits per heavy atom. The van der Waals surface area contributed by atoms with Gasteiger partial charge in [0.1, 0.15) is 6.61 Å². The maximum Gasteiger partial charge on any atom is 0.362 e. The minimum absolute atomic E-state index is 0.0456. The number of hydrogen-bond donors (Lipinski definition) is 1. The molecule has 0 radical (unpaired) electrons. The predicted molar refractivity (Wildman–Crippen MR) is 285 cm³/mol. The van der Waals surface area contributed by atoms with Gasteiger partial charge in [-0.3, -0.25) is 9.59 Å². The fourth-order valence-corrected chi connectivity index (χ4v) is 9.15. The molecule has 0 fully saturated rings. The van der Waals surface area contributed by atoms with Crippen LogP contribution >= 0.6 is 0 Å². The first-order valence-corrected chi connectivity index (χ1v) is 29.2.